The van der Waals surface area contributed by atoms with Crippen LogP contribution in [0.15, 0.2) is 36.5 Å². The number of rotatable bonds is 5. The van der Waals surface area contributed by atoms with Crippen molar-refractivity contribution in [3.05, 3.63) is 47.8 Å². The summed E-state index contributed by atoms with van der Waals surface area (Å²) in [5.74, 6) is -0.333. The lowest BCUT2D eigenvalue weighted by Gasteiger charge is -2.28. The minimum Gasteiger partial charge on any atom is -0.368 e. The predicted octanol–water partition coefficient (Wildman–Crippen LogP) is 2.17. The first-order chi connectivity index (χ1) is 10.3. The molecular weight excluding hydrogens is 276 g/mol. The van der Waals surface area contributed by atoms with Gasteiger partial charge in [-0.05, 0) is 24.5 Å². The number of aromatic nitrogens is 2. The van der Waals surface area contributed by atoms with Crippen molar-refractivity contribution >= 4 is 5.91 Å². The molecule has 0 fully saturated rings. The SMILES string of the molecule is Cc1nn(-c2ccccc2)cc1CN[C@H](C(N)=O)C(C)(C)C. The highest BCUT2D eigenvalue weighted by molar-refractivity contribution is 5.80. The van der Waals surface area contributed by atoms with Gasteiger partial charge >= 0.3 is 0 Å². The molecule has 0 aliphatic rings. The molecule has 1 atom stereocenters. The number of aryl methyl sites for hydroxylation is 1. The number of hydrogen-bond acceptors (Lipinski definition) is 3. The van der Waals surface area contributed by atoms with E-state index in [1.807, 2.05) is 68.9 Å². The Kier molecular flexibility index (Phi) is 4.66. The molecule has 1 aromatic heterocycles. The molecule has 3 N–H and O–H groups in total. The molecular formula is C17H24N4O. The second-order valence-corrected chi connectivity index (χ2v) is 6.60. The number of amides is 1. The van der Waals surface area contributed by atoms with Gasteiger partial charge in [0.05, 0.1) is 17.4 Å². The van der Waals surface area contributed by atoms with Crippen molar-refractivity contribution in [1.29, 1.82) is 0 Å². The van der Waals surface area contributed by atoms with Gasteiger partial charge in [-0.25, -0.2) is 4.68 Å². The average molecular weight is 300 g/mol. The molecule has 0 bridgehead atoms. The van der Waals surface area contributed by atoms with Gasteiger partial charge in [-0.3, -0.25) is 4.79 Å². The van der Waals surface area contributed by atoms with Gasteiger partial charge in [0.2, 0.25) is 5.91 Å². The lowest BCUT2D eigenvalue weighted by molar-refractivity contribution is -0.122. The molecule has 0 aliphatic heterocycles. The number of para-hydroxylation sites is 1. The number of carbonyl (C=O) groups excluding carboxylic acids is 1. The van der Waals surface area contributed by atoms with Gasteiger partial charge in [-0.1, -0.05) is 39.0 Å². The quantitative estimate of drug-likeness (QED) is 0.889. The van der Waals surface area contributed by atoms with Gasteiger partial charge in [-0.15, -0.1) is 0 Å². The van der Waals surface area contributed by atoms with Gasteiger partial charge in [-0.2, -0.15) is 5.10 Å². The zero-order valence-electron chi connectivity index (χ0n) is 13.6. The maximum Gasteiger partial charge on any atom is 0.235 e. The molecule has 0 aliphatic carbocycles. The largest absolute Gasteiger partial charge is 0.368 e. The van der Waals surface area contributed by atoms with Crippen LogP contribution in [0.4, 0.5) is 0 Å². The second kappa shape index (κ2) is 6.32. The van der Waals surface area contributed by atoms with E-state index in [0.29, 0.717) is 6.54 Å². The van der Waals surface area contributed by atoms with Crippen LogP contribution in [0.1, 0.15) is 32.0 Å². The smallest absolute Gasteiger partial charge is 0.235 e. The summed E-state index contributed by atoms with van der Waals surface area (Å²) in [5.41, 5.74) is 8.28. The van der Waals surface area contributed by atoms with E-state index in [2.05, 4.69) is 10.4 Å². The highest BCUT2D eigenvalue weighted by Gasteiger charge is 2.29. The minimum atomic E-state index is -0.382. The fourth-order valence-electron chi connectivity index (χ4n) is 2.43. The first kappa shape index (κ1) is 16.2. The summed E-state index contributed by atoms with van der Waals surface area (Å²) in [6.07, 6.45) is 1.98. The monoisotopic (exact) mass is 300 g/mol. The Morgan fingerprint density at radius 1 is 1.32 bits per heavy atom. The van der Waals surface area contributed by atoms with E-state index in [1.165, 1.54) is 0 Å². The molecule has 0 saturated carbocycles. The van der Waals surface area contributed by atoms with Crippen LogP contribution >= 0.6 is 0 Å². The Hall–Kier alpha value is -2.14. The molecule has 2 rings (SSSR count). The van der Waals surface area contributed by atoms with Crippen molar-refractivity contribution in [2.75, 3.05) is 0 Å². The van der Waals surface area contributed by atoms with Crippen LogP contribution in [0, 0.1) is 12.3 Å². The molecule has 0 saturated heterocycles. The van der Waals surface area contributed by atoms with Crippen LogP contribution in [0.25, 0.3) is 5.69 Å². The number of hydrogen-bond donors (Lipinski definition) is 2. The van der Waals surface area contributed by atoms with E-state index >= 15 is 0 Å². The van der Waals surface area contributed by atoms with Gasteiger partial charge < -0.3 is 11.1 Å². The molecule has 0 spiro atoms. The van der Waals surface area contributed by atoms with E-state index in [4.69, 9.17) is 5.73 Å². The molecule has 1 amide bonds. The third kappa shape index (κ3) is 3.74. The molecule has 2 aromatic rings. The Bertz CT molecular complexity index is 640. The number of carbonyl (C=O) groups is 1. The van der Waals surface area contributed by atoms with Crippen molar-refractivity contribution in [2.24, 2.45) is 11.1 Å². The van der Waals surface area contributed by atoms with Crippen LogP contribution < -0.4 is 11.1 Å². The molecule has 1 heterocycles. The molecule has 5 heteroatoms. The Morgan fingerprint density at radius 2 is 1.95 bits per heavy atom. The van der Waals surface area contributed by atoms with Crippen LogP contribution in [-0.4, -0.2) is 21.7 Å². The van der Waals surface area contributed by atoms with Gasteiger partial charge in [0.1, 0.15) is 0 Å². The molecule has 5 nitrogen and oxygen atoms in total. The number of nitrogens with zero attached hydrogens (tertiary/aromatic N) is 2. The zero-order valence-corrected chi connectivity index (χ0v) is 13.6. The summed E-state index contributed by atoms with van der Waals surface area (Å²) in [6, 6.07) is 9.56. The summed E-state index contributed by atoms with van der Waals surface area (Å²) in [5, 5.41) is 7.78. The third-order valence-corrected chi connectivity index (χ3v) is 3.67. The normalized spacial score (nSPS) is 13.1. The Labute approximate surface area is 131 Å². The Morgan fingerprint density at radius 3 is 2.50 bits per heavy atom. The van der Waals surface area contributed by atoms with E-state index in [1.54, 1.807) is 0 Å². The third-order valence-electron chi connectivity index (χ3n) is 3.67. The summed E-state index contributed by atoms with van der Waals surface area (Å²) in [6.45, 7) is 8.51. The average Bonchev–Trinajstić information content (AvgIpc) is 2.80. The first-order valence-electron chi connectivity index (χ1n) is 7.42. The van der Waals surface area contributed by atoms with Crippen LogP contribution in [0.2, 0.25) is 0 Å². The number of benzene rings is 1. The van der Waals surface area contributed by atoms with Crippen LogP contribution in [0.5, 0.6) is 0 Å². The summed E-state index contributed by atoms with van der Waals surface area (Å²) >= 11 is 0. The van der Waals surface area contributed by atoms with Crippen molar-refractivity contribution in [2.45, 2.75) is 40.3 Å². The molecule has 118 valence electrons. The summed E-state index contributed by atoms with van der Waals surface area (Å²) in [4.78, 5) is 11.6. The van der Waals surface area contributed by atoms with Gasteiger partial charge in [0.25, 0.3) is 0 Å². The first-order valence-corrected chi connectivity index (χ1v) is 7.42. The van der Waals surface area contributed by atoms with Crippen molar-refractivity contribution in [1.82, 2.24) is 15.1 Å². The highest BCUT2D eigenvalue weighted by atomic mass is 16.1. The molecule has 0 unspecified atom stereocenters. The maximum absolute atomic E-state index is 11.6. The summed E-state index contributed by atoms with van der Waals surface area (Å²) in [7, 11) is 0. The van der Waals surface area contributed by atoms with E-state index in [0.717, 1.165) is 16.9 Å². The summed E-state index contributed by atoms with van der Waals surface area (Å²) < 4.78 is 1.85. The predicted molar refractivity (Wildman–Crippen MR) is 87.6 cm³/mol. The van der Waals surface area contributed by atoms with Crippen molar-refractivity contribution in [3.63, 3.8) is 0 Å². The molecule has 1 aromatic carbocycles. The lowest BCUT2D eigenvalue weighted by atomic mass is 9.86. The number of primary amides is 1. The zero-order chi connectivity index (χ0) is 16.3. The number of nitrogens with one attached hydrogen (secondary N) is 1. The van der Waals surface area contributed by atoms with E-state index < -0.39 is 0 Å². The second-order valence-electron chi connectivity index (χ2n) is 6.60. The fourth-order valence-corrected chi connectivity index (χ4v) is 2.43. The fraction of sp³-hybridized carbons (Fsp3) is 0.412. The standard InChI is InChI=1S/C17H24N4O/c1-12-13(10-19-15(16(18)22)17(2,3)4)11-21(20-12)14-8-6-5-7-9-14/h5-9,11,15,19H,10H2,1-4H3,(H2,18,22)/t15-/m1/s1. The lowest BCUT2D eigenvalue weighted by Crippen LogP contribution is -2.49. The van der Waals surface area contributed by atoms with E-state index in [-0.39, 0.29) is 17.4 Å². The molecule has 22 heavy (non-hydrogen) atoms. The maximum atomic E-state index is 11.6. The van der Waals surface area contributed by atoms with Crippen molar-refractivity contribution < 1.29 is 4.79 Å². The van der Waals surface area contributed by atoms with Gasteiger partial charge in [0.15, 0.2) is 0 Å². The van der Waals surface area contributed by atoms with Crippen molar-refractivity contribution in [3.8, 4) is 5.69 Å². The molecule has 0 radical (unpaired) electrons. The number of nitrogens with two attached hydrogens (primary N) is 1. The van der Waals surface area contributed by atoms with Gasteiger partial charge in [0, 0.05) is 18.3 Å². The Balaban J connectivity index is 2.14. The van der Waals surface area contributed by atoms with E-state index in [9.17, 15) is 4.79 Å². The minimum absolute atomic E-state index is 0.227. The highest BCUT2D eigenvalue weighted by Crippen LogP contribution is 2.20. The van der Waals surface area contributed by atoms with Crippen LogP contribution in [0.3, 0.4) is 0 Å². The topological polar surface area (TPSA) is 72.9 Å². The van der Waals surface area contributed by atoms with Crippen LogP contribution in [-0.2, 0) is 11.3 Å².